The molecule has 0 aliphatic carbocycles. The molecule has 4 rings (SSSR count). The summed E-state index contributed by atoms with van der Waals surface area (Å²) < 4.78 is 31.3. The van der Waals surface area contributed by atoms with Gasteiger partial charge in [-0.25, -0.2) is 13.4 Å². The summed E-state index contributed by atoms with van der Waals surface area (Å²) in [4.78, 5) is 7.23. The van der Waals surface area contributed by atoms with Crippen molar-refractivity contribution in [3.8, 4) is 17.0 Å². The summed E-state index contributed by atoms with van der Waals surface area (Å²) in [7, 11) is -1.73. The Balaban J connectivity index is 1.47. The predicted molar refractivity (Wildman–Crippen MR) is 118 cm³/mol. The number of para-hydroxylation sites is 1. The first-order valence-corrected chi connectivity index (χ1v) is 12.1. The third kappa shape index (κ3) is 4.13. The highest BCUT2D eigenvalue weighted by Gasteiger charge is 2.32. The second kappa shape index (κ2) is 8.34. The van der Waals surface area contributed by atoms with Gasteiger partial charge in [-0.3, -0.25) is 0 Å². The SMILES string of the molecule is COc1ccccc1-c1csc(N2CCC(S(=O)(=O)c3cccc(Cl)c3)CC2)n1. The maximum atomic E-state index is 12.9. The van der Waals surface area contributed by atoms with Crippen LogP contribution in [0, 0.1) is 0 Å². The highest BCUT2D eigenvalue weighted by molar-refractivity contribution is 7.92. The lowest BCUT2D eigenvalue weighted by molar-refractivity contribution is 0.416. The van der Waals surface area contributed by atoms with Crippen molar-refractivity contribution >= 4 is 37.9 Å². The number of halogens is 1. The van der Waals surface area contributed by atoms with Gasteiger partial charge in [0.05, 0.1) is 22.9 Å². The summed E-state index contributed by atoms with van der Waals surface area (Å²) in [6.45, 7) is 1.31. The number of benzene rings is 2. The van der Waals surface area contributed by atoms with Crippen LogP contribution in [0.25, 0.3) is 11.3 Å². The first kappa shape index (κ1) is 20.2. The van der Waals surface area contributed by atoms with Gasteiger partial charge in [0, 0.05) is 29.1 Å². The number of hydrogen-bond donors (Lipinski definition) is 0. The minimum Gasteiger partial charge on any atom is -0.496 e. The van der Waals surface area contributed by atoms with Crippen LogP contribution in [0.3, 0.4) is 0 Å². The lowest BCUT2D eigenvalue weighted by atomic mass is 10.1. The van der Waals surface area contributed by atoms with Crippen molar-refractivity contribution in [2.24, 2.45) is 0 Å². The number of hydrogen-bond acceptors (Lipinski definition) is 6. The molecule has 2 heterocycles. The van der Waals surface area contributed by atoms with Crippen LogP contribution in [0.15, 0.2) is 58.8 Å². The van der Waals surface area contributed by atoms with Gasteiger partial charge in [-0.05, 0) is 43.2 Å². The molecule has 8 heteroatoms. The summed E-state index contributed by atoms with van der Waals surface area (Å²) in [6, 6.07) is 14.3. The zero-order valence-electron chi connectivity index (χ0n) is 15.9. The molecule has 5 nitrogen and oxygen atoms in total. The molecule has 29 heavy (non-hydrogen) atoms. The molecule has 0 bridgehead atoms. The maximum Gasteiger partial charge on any atom is 0.185 e. The number of sulfone groups is 1. The zero-order valence-corrected chi connectivity index (χ0v) is 18.3. The second-order valence-corrected chi connectivity index (χ2v) is 10.4. The van der Waals surface area contributed by atoms with Crippen LogP contribution in [-0.2, 0) is 9.84 Å². The van der Waals surface area contributed by atoms with Gasteiger partial charge >= 0.3 is 0 Å². The Morgan fingerprint density at radius 2 is 1.90 bits per heavy atom. The van der Waals surface area contributed by atoms with Gasteiger partial charge in [-0.1, -0.05) is 29.8 Å². The molecule has 0 unspecified atom stereocenters. The van der Waals surface area contributed by atoms with Gasteiger partial charge in [0.15, 0.2) is 15.0 Å². The fourth-order valence-electron chi connectivity index (χ4n) is 3.58. The van der Waals surface area contributed by atoms with E-state index in [-0.39, 0.29) is 0 Å². The van der Waals surface area contributed by atoms with Crippen LogP contribution in [-0.4, -0.2) is 38.9 Å². The monoisotopic (exact) mass is 448 g/mol. The highest BCUT2D eigenvalue weighted by atomic mass is 35.5. The van der Waals surface area contributed by atoms with Crippen molar-refractivity contribution in [3.05, 3.63) is 58.9 Å². The number of ether oxygens (including phenoxy) is 1. The van der Waals surface area contributed by atoms with Crippen LogP contribution < -0.4 is 9.64 Å². The molecule has 0 amide bonds. The van der Waals surface area contributed by atoms with E-state index < -0.39 is 15.1 Å². The Labute approximate surface area is 179 Å². The van der Waals surface area contributed by atoms with Crippen LogP contribution in [0.2, 0.25) is 5.02 Å². The van der Waals surface area contributed by atoms with E-state index in [0.717, 1.165) is 22.1 Å². The van der Waals surface area contributed by atoms with Gasteiger partial charge in [-0.2, -0.15) is 0 Å². The van der Waals surface area contributed by atoms with Crippen LogP contribution >= 0.6 is 22.9 Å². The maximum absolute atomic E-state index is 12.9. The standard InChI is InChI=1S/C21H21ClN2O3S2/c1-27-20-8-3-2-7-18(20)19-14-28-21(23-19)24-11-9-16(10-12-24)29(25,26)17-6-4-5-15(22)13-17/h2-8,13-14,16H,9-12H2,1H3. The molecule has 2 aromatic carbocycles. The lowest BCUT2D eigenvalue weighted by Gasteiger charge is -2.31. The van der Waals surface area contributed by atoms with Crippen LogP contribution in [0.1, 0.15) is 12.8 Å². The number of methoxy groups -OCH3 is 1. The van der Waals surface area contributed by atoms with E-state index in [1.54, 1.807) is 36.6 Å². The third-order valence-electron chi connectivity index (χ3n) is 5.15. The van der Waals surface area contributed by atoms with E-state index >= 15 is 0 Å². The quantitative estimate of drug-likeness (QED) is 0.554. The third-order valence-corrected chi connectivity index (χ3v) is 8.55. The molecule has 1 aromatic heterocycles. The Morgan fingerprint density at radius 3 is 2.62 bits per heavy atom. The van der Waals surface area contributed by atoms with E-state index in [4.69, 9.17) is 21.3 Å². The zero-order chi connectivity index (χ0) is 20.4. The number of nitrogens with zero attached hydrogens (tertiary/aromatic N) is 2. The minimum absolute atomic E-state index is 0.302. The van der Waals surface area contributed by atoms with Gasteiger partial charge in [-0.15, -0.1) is 11.3 Å². The van der Waals surface area contributed by atoms with Crippen molar-refractivity contribution in [3.63, 3.8) is 0 Å². The molecule has 1 fully saturated rings. The van der Waals surface area contributed by atoms with Crippen molar-refractivity contribution < 1.29 is 13.2 Å². The van der Waals surface area contributed by atoms with E-state index in [1.165, 1.54) is 6.07 Å². The van der Waals surface area contributed by atoms with Crippen LogP contribution in [0.4, 0.5) is 5.13 Å². The lowest BCUT2D eigenvalue weighted by Crippen LogP contribution is -2.39. The average Bonchev–Trinajstić information content (AvgIpc) is 3.24. The molecule has 152 valence electrons. The summed E-state index contributed by atoms with van der Waals surface area (Å²) in [5.41, 5.74) is 1.83. The number of piperidine rings is 1. The number of rotatable bonds is 5. The van der Waals surface area contributed by atoms with E-state index in [2.05, 4.69) is 4.90 Å². The van der Waals surface area contributed by atoms with Crippen molar-refractivity contribution in [2.75, 3.05) is 25.1 Å². The molecule has 0 radical (unpaired) electrons. The Kier molecular flexibility index (Phi) is 5.81. The van der Waals surface area contributed by atoms with Crippen LogP contribution in [0.5, 0.6) is 5.75 Å². The Hall–Kier alpha value is -2.09. The van der Waals surface area contributed by atoms with Crippen molar-refractivity contribution in [2.45, 2.75) is 23.0 Å². The minimum atomic E-state index is -3.38. The molecular weight excluding hydrogens is 428 g/mol. The van der Waals surface area contributed by atoms with E-state index in [9.17, 15) is 8.42 Å². The number of aromatic nitrogens is 1. The Bertz CT molecular complexity index is 1110. The van der Waals surface area contributed by atoms with Crippen molar-refractivity contribution in [1.29, 1.82) is 0 Å². The van der Waals surface area contributed by atoms with Gasteiger partial charge in [0.2, 0.25) is 0 Å². The van der Waals surface area contributed by atoms with Crippen molar-refractivity contribution in [1.82, 2.24) is 4.98 Å². The molecule has 1 aliphatic heterocycles. The van der Waals surface area contributed by atoms with E-state index in [0.29, 0.717) is 35.8 Å². The normalized spacial score (nSPS) is 15.4. The van der Waals surface area contributed by atoms with E-state index in [1.807, 2.05) is 29.6 Å². The largest absolute Gasteiger partial charge is 0.496 e. The topological polar surface area (TPSA) is 59.5 Å². The molecule has 0 atom stereocenters. The first-order chi connectivity index (χ1) is 14.0. The summed E-state index contributed by atoms with van der Waals surface area (Å²) in [5, 5.41) is 2.97. The molecule has 0 saturated carbocycles. The van der Waals surface area contributed by atoms with Gasteiger partial charge < -0.3 is 9.64 Å². The van der Waals surface area contributed by atoms with Gasteiger partial charge in [0.25, 0.3) is 0 Å². The molecule has 0 N–H and O–H groups in total. The number of thiazole rings is 1. The molecule has 0 spiro atoms. The van der Waals surface area contributed by atoms with Gasteiger partial charge in [0.1, 0.15) is 5.75 Å². The molecule has 1 aliphatic rings. The second-order valence-electron chi connectivity index (χ2n) is 6.90. The summed E-state index contributed by atoms with van der Waals surface area (Å²) in [5.74, 6) is 0.788. The molecule has 1 saturated heterocycles. The summed E-state index contributed by atoms with van der Waals surface area (Å²) in [6.07, 6.45) is 1.14. The fraction of sp³-hybridized carbons (Fsp3) is 0.286. The molecular formula is C21H21ClN2O3S2. The highest BCUT2D eigenvalue weighted by Crippen LogP contribution is 2.35. The molecule has 3 aromatic rings. The fourth-order valence-corrected chi connectivity index (χ4v) is 6.49. The smallest absolute Gasteiger partial charge is 0.185 e. The predicted octanol–water partition coefficient (Wildman–Crippen LogP) is 4.91. The first-order valence-electron chi connectivity index (χ1n) is 9.32. The number of anilines is 1. The Morgan fingerprint density at radius 1 is 1.14 bits per heavy atom. The average molecular weight is 449 g/mol. The summed E-state index contributed by atoms with van der Waals surface area (Å²) >= 11 is 7.55.